The number of aromatic nitrogens is 1. The summed E-state index contributed by atoms with van der Waals surface area (Å²) in [4.78, 5) is 16.6. The minimum atomic E-state index is -0.519. The highest BCUT2D eigenvalue weighted by Crippen LogP contribution is 2.28. The molecule has 0 unspecified atom stereocenters. The summed E-state index contributed by atoms with van der Waals surface area (Å²) in [5.41, 5.74) is 2.49. The summed E-state index contributed by atoms with van der Waals surface area (Å²) in [5.74, 6) is 0.244. The molecule has 29 heavy (non-hydrogen) atoms. The molecule has 0 radical (unpaired) electrons. The second-order valence-corrected chi connectivity index (χ2v) is 6.20. The van der Waals surface area contributed by atoms with Crippen molar-refractivity contribution in [3.63, 3.8) is 0 Å². The molecule has 4 rings (SSSR count). The zero-order valence-electron chi connectivity index (χ0n) is 15.5. The van der Waals surface area contributed by atoms with Crippen LogP contribution in [0.25, 0.3) is 22.6 Å². The van der Waals surface area contributed by atoms with E-state index in [1.54, 1.807) is 37.4 Å². The van der Waals surface area contributed by atoms with Crippen LogP contribution in [0.4, 0.5) is 10.1 Å². The minimum absolute atomic E-state index is 0.0255. The quantitative estimate of drug-likeness (QED) is 0.517. The lowest BCUT2D eigenvalue weighted by molar-refractivity contribution is -0.118. The first kappa shape index (κ1) is 18.5. The van der Waals surface area contributed by atoms with Gasteiger partial charge < -0.3 is 19.2 Å². The zero-order valence-corrected chi connectivity index (χ0v) is 15.5. The fourth-order valence-corrected chi connectivity index (χ4v) is 2.79. The number of carbonyl (C=O) groups excluding carboxylic acids is 1. The van der Waals surface area contributed by atoms with Crippen LogP contribution >= 0.6 is 0 Å². The van der Waals surface area contributed by atoms with Crippen molar-refractivity contribution in [2.45, 2.75) is 0 Å². The van der Waals surface area contributed by atoms with Gasteiger partial charge in [-0.25, -0.2) is 9.37 Å². The van der Waals surface area contributed by atoms with Gasteiger partial charge in [-0.3, -0.25) is 4.79 Å². The maximum Gasteiger partial charge on any atom is 0.262 e. The number of hydrogen-bond donors (Lipinski definition) is 1. The van der Waals surface area contributed by atoms with Crippen LogP contribution < -0.4 is 14.8 Å². The summed E-state index contributed by atoms with van der Waals surface area (Å²) < 4.78 is 29.8. The Morgan fingerprint density at radius 1 is 1.10 bits per heavy atom. The lowest BCUT2D eigenvalue weighted by atomic mass is 10.2. The molecule has 146 valence electrons. The predicted molar refractivity (Wildman–Crippen MR) is 107 cm³/mol. The van der Waals surface area contributed by atoms with Gasteiger partial charge in [0.1, 0.15) is 11.3 Å². The van der Waals surface area contributed by atoms with Crippen LogP contribution in [0.2, 0.25) is 0 Å². The Hall–Kier alpha value is -3.87. The van der Waals surface area contributed by atoms with E-state index in [0.29, 0.717) is 28.4 Å². The van der Waals surface area contributed by atoms with Crippen molar-refractivity contribution >= 4 is 22.7 Å². The molecule has 1 aromatic heterocycles. The topological polar surface area (TPSA) is 73.6 Å². The number of nitrogens with one attached hydrogen (secondary N) is 1. The summed E-state index contributed by atoms with van der Waals surface area (Å²) in [5, 5.41) is 2.70. The van der Waals surface area contributed by atoms with Crippen LogP contribution in [0.3, 0.4) is 0 Å². The number of carbonyl (C=O) groups is 1. The van der Waals surface area contributed by atoms with Crippen LogP contribution in [0.15, 0.2) is 71.1 Å². The van der Waals surface area contributed by atoms with Crippen LogP contribution in [0.1, 0.15) is 0 Å². The van der Waals surface area contributed by atoms with Crippen LogP contribution in [0.5, 0.6) is 11.5 Å². The standard InChI is InChI=1S/C22H17FN2O4/c1-27-16-6-4-5-14(11-16)22-25-18-12-15(9-10-20(18)29-22)24-21(26)13-28-19-8-3-2-7-17(19)23/h2-12H,13H2,1H3,(H,24,26). The van der Waals surface area contributed by atoms with E-state index < -0.39 is 11.7 Å². The monoisotopic (exact) mass is 392 g/mol. The van der Waals surface area contributed by atoms with Gasteiger partial charge in [0.2, 0.25) is 5.89 Å². The minimum Gasteiger partial charge on any atom is -0.497 e. The average Bonchev–Trinajstić information content (AvgIpc) is 3.17. The number of benzene rings is 3. The Labute approximate surface area is 165 Å². The SMILES string of the molecule is COc1cccc(-c2nc3cc(NC(=O)COc4ccccc4F)ccc3o2)c1. The molecule has 6 nitrogen and oxygen atoms in total. The first-order valence-electron chi connectivity index (χ1n) is 8.84. The number of para-hydroxylation sites is 1. The van der Waals surface area contributed by atoms with Gasteiger partial charge in [0.25, 0.3) is 5.91 Å². The van der Waals surface area contributed by atoms with Gasteiger partial charge in [0.05, 0.1) is 7.11 Å². The Balaban J connectivity index is 1.47. The highest BCUT2D eigenvalue weighted by molar-refractivity contribution is 5.94. The Bertz CT molecular complexity index is 1170. The van der Waals surface area contributed by atoms with Crippen molar-refractivity contribution in [3.8, 4) is 23.0 Å². The van der Waals surface area contributed by atoms with Gasteiger partial charge in [0.15, 0.2) is 23.8 Å². The number of anilines is 1. The molecule has 0 aliphatic rings. The third-order valence-electron chi connectivity index (χ3n) is 4.18. The maximum atomic E-state index is 13.5. The van der Waals surface area contributed by atoms with Gasteiger partial charge in [-0.1, -0.05) is 18.2 Å². The summed E-state index contributed by atoms with van der Waals surface area (Å²) in [7, 11) is 1.59. The number of fused-ring (bicyclic) bond motifs is 1. The average molecular weight is 392 g/mol. The second kappa shape index (κ2) is 8.02. The van der Waals surface area contributed by atoms with E-state index >= 15 is 0 Å². The molecule has 1 amide bonds. The second-order valence-electron chi connectivity index (χ2n) is 6.20. The Kier molecular flexibility index (Phi) is 5.11. The van der Waals surface area contributed by atoms with Crippen molar-refractivity contribution in [2.75, 3.05) is 19.0 Å². The van der Waals surface area contributed by atoms with Crippen LogP contribution in [-0.2, 0) is 4.79 Å². The smallest absolute Gasteiger partial charge is 0.262 e. The predicted octanol–water partition coefficient (Wildman–Crippen LogP) is 4.66. The Morgan fingerprint density at radius 3 is 2.79 bits per heavy atom. The van der Waals surface area contributed by atoms with Crippen molar-refractivity contribution in [3.05, 3.63) is 72.5 Å². The first-order chi connectivity index (χ1) is 14.1. The number of oxazole rings is 1. The van der Waals surface area contributed by atoms with Crippen molar-refractivity contribution in [1.29, 1.82) is 0 Å². The van der Waals surface area contributed by atoms with E-state index in [1.165, 1.54) is 12.1 Å². The molecule has 0 bridgehead atoms. The summed E-state index contributed by atoms with van der Waals surface area (Å²) in [6, 6.07) is 18.4. The molecule has 1 heterocycles. The highest BCUT2D eigenvalue weighted by atomic mass is 19.1. The molecular formula is C22H17FN2O4. The lowest BCUT2D eigenvalue weighted by Gasteiger charge is -2.08. The fourth-order valence-electron chi connectivity index (χ4n) is 2.79. The summed E-state index contributed by atoms with van der Waals surface area (Å²) in [6.45, 7) is -0.313. The normalized spacial score (nSPS) is 10.7. The van der Waals surface area contributed by atoms with Gasteiger partial charge in [-0.2, -0.15) is 0 Å². The maximum absolute atomic E-state index is 13.5. The molecule has 0 aliphatic carbocycles. The number of amides is 1. The number of ether oxygens (including phenoxy) is 2. The third kappa shape index (κ3) is 4.19. The lowest BCUT2D eigenvalue weighted by Crippen LogP contribution is -2.20. The van der Waals surface area contributed by atoms with E-state index in [1.807, 2.05) is 24.3 Å². The number of nitrogens with zero attached hydrogens (tertiary/aromatic N) is 1. The van der Waals surface area contributed by atoms with Crippen molar-refractivity contribution in [2.24, 2.45) is 0 Å². The number of methoxy groups -OCH3 is 1. The molecule has 3 aromatic carbocycles. The molecule has 0 saturated carbocycles. The van der Waals surface area contributed by atoms with E-state index in [4.69, 9.17) is 13.9 Å². The molecule has 0 aliphatic heterocycles. The number of hydrogen-bond acceptors (Lipinski definition) is 5. The summed E-state index contributed by atoms with van der Waals surface area (Å²) in [6.07, 6.45) is 0. The molecule has 0 fully saturated rings. The van der Waals surface area contributed by atoms with E-state index in [2.05, 4.69) is 10.3 Å². The number of halogens is 1. The largest absolute Gasteiger partial charge is 0.497 e. The van der Waals surface area contributed by atoms with E-state index in [9.17, 15) is 9.18 Å². The molecule has 1 N–H and O–H groups in total. The van der Waals surface area contributed by atoms with E-state index in [-0.39, 0.29) is 12.4 Å². The molecular weight excluding hydrogens is 375 g/mol. The first-order valence-corrected chi connectivity index (χ1v) is 8.84. The van der Waals surface area contributed by atoms with Crippen LogP contribution in [0, 0.1) is 5.82 Å². The molecule has 0 saturated heterocycles. The molecule has 4 aromatic rings. The molecule has 0 atom stereocenters. The number of rotatable bonds is 6. The highest BCUT2D eigenvalue weighted by Gasteiger charge is 2.11. The molecule has 7 heteroatoms. The van der Waals surface area contributed by atoms with Gasteiger partial charge in [-0.15, -0.1) is 0 Å². The van der Waals surface area contributed by atoms with Gasteiger partial charge >= 0.3 is 0 Å². The van der Waals surface area contributed by atoms with Gasteiger partial charge in [-0.05, 0) is 48.5 Å². The van der Waals surface area contributed by atoms with E-state index in [0.717, 1.165) is 5.56 Å². The zero-order chi connectivity index (χ0) is 20.2. The fraction of sp³-hybridized carbons (Fsp3) is 0.0909. The van der Waals surface area contributed by atoms with Crippen LogP contribution in [-0.4, -0.2) is 24.6 Å². The third-order valence-corrected chi connectivity index (χ3v) is 4.18. The van der Waals surface area contributed by atoms with Gasteiger partial charge in [0, 0.05) is 11.3 Å². The van der Waals surface area contributed by atoms with Crippen molar-refractivity contribution in [1.82, 2.24) is 4.98 Å². The Morgan fingerprint density at radius 2 is 1.97 bits per heavy atom. The molecule has 0 spiro atoms. The van der Waals surface area contributed by atoms with Crippen molar-refractivity contribution < 1.29 is 23.1 Å². The summed E-state index contributed by atoms with van der Waals surface area (Å²) >= 11 is 0.